The lowest BCUT2D eigenvalue weighted by atomic mass is 9.90. The van der Waals surface area contributed by atoms with E-state index >= 15 is 0 Å². The molecule has 120 valence electrons. The van der Waals surface area contributed by atoms with Crippen LogP contribution in [0.25, 0.3) is 11.1 Å². The van der Waals surface area contributed by atoms with Gasteiger partial charge >= 0.3 is 0 Å². The molecule has 3 rings (SSSR count). The van der Waals surface area contributed by atoms with E-state index in [1.54, 1.807) is 12.1 Å². The molecule has 0 unspecified atom stereocenters. The molecule has 0 spiro atoms. The normalized spacial score (nSPS) is 15.7. The largest absolute Gasteiger partial charge is 0.471 e. The van der Waals surface area contributed by atoms with Gasteiger partial charge in [-0.05, 0) is 56.9 Å². The fraction of sp³-hybridized carbons (Fsp3) is 0.333. The van der Waals surface area contributed by atoms with Crippen LogP contribution < -0.4 is 10.5 Å². The van der Waals surface area contributed by atoms with E-state index in [0.29, 0.717) is 23.4 Å². The molecular weight excluding hydrogens is 295 g/mol. The molecule has 1 aromatic heterocycles. The Morgan fingerprint density at radius 3 is 2.70 bits per heavy atom. The summed E-state index contributed by atoms with van der Waals surface area (Å²) in [5, 5.41) is 0. The highest BCUT2D eigenvalue weighted by Gasteiger charge is 2.31. The molecular formula is C18H19FN2O2. The summed E-state index contributed by atoms with van der Waals surface area (Å²) in [5.74, 6) is -0.625. The van der Waals surface area contributed by atoms with Crippen molar-refractivity contribution in [2.75, 3.05) is 0 Å². The lowest BCUT2D eigenvalue weighted by molar-refractivity contribution is 0.0774. The molecule has 0 atom stereocenters. The first-order chi connectivity index (χ1) is 10.8. The van der Waals surface area contributed by atoms with Crippen LogP contribution in [0, 0.1) is 12.7 Å². The summed E-state index contributed by atoms with van der Waals surface area (Å²) in [6.45, 7) is 5.75. The predicted octanol–water partition coefficient (Wildman–Crippen LogP) is 3.40. The highest BCUT2D eigenvalue weighted by molar-refractivity contribution is 5.93. The second-order valence-corrected chi connectivity index (χ2v) is 6.55. The second-order valence-electron chi connectivity index (χ2n) is 6.55. The summed E-state index contributed by atoms with van der Waals surface area (Å²) in [5.41, 5.74) is 7.78. The summed E-state index contributed by atoms with van der Waals surface area (Å²) in [6, 6.07) is 6.57. The molecule has 2 aromatic rings. The minimum atomic E-state index is -0.659. The number of ether oxygens (including phenoxy) is 1. The van der Waals surface area contributed by atoms with Crippen molar-refractivity contribution in [3.05, 3.63) is 46.9 Å². The summed E-state index contributed by atoms with van der Waals surface area (Å²) in [6.07, 6.45) is 1.50. The lowest BCUT2D eigenvalue weighted by Gasteiger charge is -2.32. The van der Waals surface area contributed by atoms with Gasteiger partial charge in [0.25, 0.3) is 5.91 Å². The van der Waals surface area contributed by atoms with E-state index in [0.717, 1.165) is 17.5 Å². The van der Waals surface area contributed by atoms with Crippen LogP contribution in [0.1, 0.15) is 41.9 Å². The van der Waals surface area contributed by atoms with Gasteiger partial charge in [0.05, 0.1) is 0 Å². The molecule has 2 N–H and O–H groups in total. The standard InChI is InChI=1S/C18H19FN2O2/c1-10-4-5-11(14(19)8-10)13-9-15(16(20)22)21-17-12(13)6-7-18(2,3)23-17/h4-5,8-9H,6-7H2,1-3H3,(H2,20,22). The third-order valence-electron chi connectivity index (χ3n) is 4.10. The number of rotatable bonds is 2. The molecule has 0 saturated carbocycles. The smallest absolute Gasteiger partial charge is 0.267 e. The zero-order valence-electron chi connectivity index (χ0n) is 13.4. The zero-order chi connectivity index (χ0) is 16.8. The molecule has 1 aliphatic heterocycles. The van der Waals surface area contributed by atoms with Crippen LogP contribution in [0.2, 0.25) is 0 Å². The van der Waals surface area contributed by atoms with Crippen molar-refractivity contribution in [3.63, 3.8) is 0 Å². The van der Waals surface area contributed by atoms with E-state index in [1.165, 1.54) is 6.07 Å². The van der Waals surface area contributed by atoms with Crippen molar-refractivity contribution in [2.24, 2.45) is 5.73 Å². The number of hydrogen-bond donors (Lipinski definition) is 1. The SMILES string of the molecule is Cc1ccc(-c2cc(C(N)=O)nc3c2CCC(C)(C)O3)c(F)c1. The maximum Gasteiger partial charge on any atom is 0.267 e. The molecule has 0 radical (unpaired) electrons. The van der Waals surface area contributed by atoms with Gasteiger partial charge in [0.15, 0.2) is 0 Å². The quantitative estimate of drug-likeness (QED) is 0.924. The van der Waals surface area contributed by atoms with Crippen LogP contribution in [0.15, 0.2) is 24.3 Å². The Balaban J connectivity index is 2.23. The molecule has 4 nitrogen and oxygen atoms in total. The van der Waals surface area contributed by atoms with Crippen molar-refractivity contribution in [3.8, 4) is 17.0 Å². The first kappa shape index (κ1) is 15.5. The van der Waals surface area contributed by atoms with E-state index in [1.807, 2.05) is 26.8 Å². The van der Waals surface area contributed by atoms with Gasteiger partial charge < -0.3 is 10.5 Å². The third kappa shape index (κ3) is 2.91. The number of fused-ring (bicyclic) bond motifs is 1. The lowest BCUT2D eigenvalue weighted by Crippen LogP contribution is -2.34. The van der Waals surface area contributed by atoms with E-state index in [4.69, 9.17) is 10.5 Å². The van der Waals surface area contributed by atoms with Gasteiger partial charge in [-0.15, -0.1) is 0 Å². The Labute approximate surface area is 134 Å². The van der Waals surface area contributed by atoms with Crippen LogP contribution in [0.3, 0.4) is 0 Å². The van der Waals surface area contributed by atoms with Gasteiger partial charge in [0.1, 0.15) is 17.1 Å². The number of carbonyl (C=O) groups excluding carboxylic acids is 1. The number of carbonyl (C=O) groups is 1. The highest BCUT2D eigenvalue weighted by atomic mass is 19.1. The first-order valence-electron chi connectivity index (χ1n) is 7.56. The molecule has 0 fully saturated rings. The summed E-state index contributed by atoms with van der Waals surface area (Å²) >= 11 is 0. The van der Waals surface area contributed by atoms with E-state index in [9.17, 15) is 9.18 Å². The summed E-state index contributed by atoms with van der Waals surface area (Å²) in [7, 11) is 0. The zero-order valence-corrected chi connectivity index (χ0v) is 13.4. The number of primary amides is 1. The fourth-order valence-corrected chi connectivity index (χ4v) is 2.82. The van der Waals surface area contributed by atoms with Crippen molar-refractivity contribution in [1.82, 2.24) is 4.98 Å². The summed E-state index contributed by atoms with van der Waals surface area (Å²) in [4.78, 5) is 15.8. The van der Waals surface area contributed by atoms with Gasteiger partial charge in [-0.25, -0.2) is 9.37 Å². The highest BCUT2D eigenvalue weighted by Crippen LogP contribution is 2.39. The van der Waals surface area contributed by atoms with Crippen LogP contribution >= 0.6 is 0 Å². The molecule has 1 amide bonds. The van der Waals surface area contributed by atoms with Crippen LogP contribution in [0.4, 0.5) is 4.39 Å². The number of nitrogens with two attached hydrogens (primary N) is 1. The number of aromatic nitrogens is 1. The number of aryl methyl sites for hydroxylation is 1. The van der Waals surface area contributed by atoms with Crippen molar-refractivity contribution < 1.29 is 13.9 Å². The number of nitrogens with zero attached hydrogens (tertiary/aromatic N) is 1. The van der Waals surface area contributed by atoms with Crippen molar-refractivity contribution >= 4 is 5.91 Å². The van der Waals surface area contributed by atoms with E-state index < -0.39 is 5.91 Å². The minimum Gasteiger partial charge on any atom is -0.471 e. The van der Waals surface area contributed by atoms with Gasteiger partial charge in [0.2, 0.25) is 5.88 Å². The van der Waals surface area contributed by atoms with Crippen molar-refractivity contribution in [1.29, 1.82) is 0 Å². The number of benzene rings is 1. The van der Waals surface area contributed by atoms with Gasteiger partial charge in [-0.1, -0.05) is 12.1 Å². The molecule has 1 aromatic carbocycles. The van der Waals surface area contributed by atoms with Crippen LogP contribution in [-0.4, -0.2) is 16.5 Å². The molecule has 23 heavy (non-hydrogen) atoms. The molecule has 0 bridgehead atoms. The number of amides is 1. The molecule has 5 heteroatoms. The number of halogens is 1. The van der Waals surface area contributed by atoms with E-state index in [2.05, 4.69) is 4.98 Å². The molecule has 0 saturated heterocycles. The van der Waals surface area contributed by atoms with Crippen molar-refractivity contribution in [2.45, 2.75) is 39.2 Å². The number of pyridine rings is 1. The Morgan fingerprint density at radius 2 is 2.04 bits per heavy atom. The molecule has 1 aliphatic rings. The minimum absolute atomic E-state index is 0.0800. The molecule has 2 heterocycles. The van der Waals surface area contributed by atoms with E-state index in [-0.39, 0.29) is 17.1 Å². The Bertz CT molecular complexity index is 800. The maximum atomic E-state index is 14.4. The summed E-state index contributed by atoms with van der Waals surface area (Å²) < 4.78 is 20.3. The Hall–Kier alpha value is -2.43. The topological polar surface area (TPSA) is 65.2 Å². The maximum absolute atomic E-state index is 14.4. The third-order valence-corrected chi connectivity index (χ3v) is 4.10. The second kappa shape index (κ2) is 5.33. The Kier molecular flexibility index (Phi) is 3.59. The average molecular weight is 314 g/mol. The molecule has 0 aliphatic carbocycles. The van der Waals surface area contributed by atoms with Gasteiger partial charge in [0, 0.05) is 11.1 Å². The van der Waals surface area contributed by atoms with Gasteiger partial charge in [-0.2, -0.15) is 0 Å². The fourth-order valence-electron chi connectivity index (χ4n) is 2.82. The first-order valence-corrected chi connectivity index (χ1v) is 7.56. The van der Waals surface area contributed by atoms with Crippen LogP contribution in [-0.2, 0) is 6.42 Å². The van der Waals surface area contributed by atoms with Crippen LogP contribution in [0.5, 0.6) is 5.88 Å². The number of hydrogen-bond acceptors (Lipinski definition) is 3. The predicted molar refractivity (Wildman–Crippen MR) is 85.9 cm³/mol. The monoisotopic (exact) mass is 314 g/mol. The Morgan fingerprint density at radius 1 is 1.30 bits per heavy atom. The average Bonchev–Trinajstić information content (AvgIpc) is 2.44. The van der Waals surface area contributed by atoms with Gasteiger partial charge in [-0.3, -0.25) is 4.79 Å².